The maximum absolute atomic E-state index is 6.67. The van der Waals surface area contributed by atoms with Crippen molar-refractivity contribution >= 4 is 43.9 Å². The van der Waals surface area contributed by atoms with Crippen LogP contribution < -0.4 is 0 Å². The number of para-hydroxylation sites is 2. The zero-order chi connectivity index (χ0) is 33.0. The minimum atomic E-state index is 0.616. The summed E-state index contributed by atoms with van der Waals surface area (Å²) in [6.45, 7) is 0. The van der Waals surface area contributed by atoms with Gasteiger partial charge in [-0.25, -0.2) is 15.0 Å². The fourth-order valence-corrected chi connectivity index (χ4v) is 6.95. The number of fused-ring (bicyclic) bond motifs is 6. The van der Waals surface area contributed by atoms with E-state index < -0.39 is 0 Å². The minimum Gasteiger partial charge on any atom is -0.456 e. The highest BCUT2D eigenvalue weighted by Gasteiger charge is 2.19. The molecule has 0 amide bonds. The van der Waals surface area contributed by atoms with E-state index in [0.29, 0.717) is 17.5 Å². The van der Waals surface area contributed by atoms with Crippen LogP contribution in [0.15, 0.2) is 173 Å². The van der Waals surface area contributed by atoms with Crippen molar-refractivity contribution in [2.75, 3.05) is 0 Å². The number of benzene rings is 7. The Morgan fingerprint density at radius 2 is 0.840 bits per heavy atom. The van der Waals surface area contributed by atoms with Crippen LogP contribution in [0.3, 0.4) is 0 Å². The van der Waals surface area contributed by atoms with E-state index in [1.54, 1.807) is 0 Å². The average molecular weight is 642 g/mol. The first-order valence-electron chi connectivity index (χ1n) is 16.6. The van der Waals surface area contributed by atoms with Crippen molar-refractivity contribution in [2.45, 2.75) is 0 Å². The third kappa shape index (κ3) is 4.67. The van der Waals surface area contributed by atoms with Crippen molar-refractivity contribution in [1.82, 2.24) is 15.0 Å². The largest absolute Gasteiger partial charge is 0.456 e. The summed E-state index contributed by atoms with van der Waals surface area (Å²) in [5.41, 5.74) is 10.4. The number of aromatic nitrogens is 3. The van der Waals surface area contributed by atoms with Crippen molar-refractivity contribution in [2.24, 2.45) is 0 Å². The maximum atomic E-state index is 6.67. The third-order valence-corrected chi connectivity index (χ3v) is 9.34. The van der Waals surface area contributed by atoms with Crippen LogP contribution in [-0.4, -0.2) is 15.0 Å². The van der Waals surface area contributed by atoms with Crippen LogP contribution in [0.1, 0.15) is 0 Å². The van der Waals surface area contributed by atoms with E-state index in [2.05, 4.69) is 72.8 Å². The van der Waals surface area contributed by atoms with Crippen LogP contribution in [0.25, 0.3) is 100 Å². The molecule has 10 rings (SSSR count). The van der Waals surface area contributed by atoms with Gasteiger partial charge in [0.2, 0.25) is 0 Å². The van der Waals surface area contributed by atoms with Gasteiger partial charge in [0.05, 0.1) is 0 Å². The summed E-state index contributed by atoms with van der Waals surface area (Å²) >= 11 is 0. The second-order valence-corrected chi connectivity index (χ2v) is 12.4. The van der Waals surface area contributed by atoms with Crippen LogP contribution in [0.5, 0.6) is 0 Å². The second kappa shape index (κ2) is 11.4. The Bertz CT molecular complexity index is 2810. The van der Waals surface area contributed by atoms with Gasteiger partial charge in [0.25, 0.3) is 0 Å². The molecule has 0 atom stereocenters. The number of nitrogens with zero attached hydrogens (tertiary/aromatic N) is 3. The van der Waals surface area contributed by atoms with Crippen molar-refractivity contribution < 1.29 is 8.83 Å². The molecule has 5 heteroatoms. The molecule has 3 heterocycles. The van der Waals surface area contributed by atoms with E-state index in [-0.39, 0.29) is 0 Å². The van der Waals surface area contributed by atoms with Gasteiger partial charge < -0.3 is 8.83 Å². The molecule has 0 saturated carbocycles. The highest BCUT2D eigenvalue weighted by molar-refractivity contribution is 6.17. The Morgan fingerprint density at radius 1 is 0.320 bits per heavy atom. The van der Waals surface area contributed by atoms with E-state index in [1.807, 2.05) is 91.0 Å². The standard InChI is InChI=1S/C45H27N3O2/c1-3-12-28(13-4-1)43-46-44(29-14-5-2-6-15-29)48-45(47-43)32-17-11-16-30(26-32)33-23-24-34(42-41(33)36-19-8-10-21-39(36)50-42)31-22-25-40-37(27-31)35-18-7-9-20-38(35)49-40/h1-27H. The lowest BCUT2D eigenvalue weighted by Crippen LogP contribution is -2.00. The van der Waals surface area contributed by atoms with Gasteiger partial charge in [-0.3, -0.25) is 0 Å². The SMILES string of the molecule is c1ccc(-c2nc(-c3ccccc3)nc(-c3cccc(-c4ccc(-c5ccc6oc7ccccc7c6c5)c5oc6ccccc6c45)c3)n2)cc1. The molecule has 0 aliphatic carbocycles. The molecular weight excluding hydrogens is 615 g/mol. The zero-order valence-electron chi connectivity index (χ0n) is 26.7. The Morgan fingerprint density at radius 3 is 1.56 bits per heavy atom. The Hall–Kier alpha value is -6.85. The van der Waals surface area contributed by atoms with E-state index in [1.165, 1.54) is 0 Å². The molecule has 234 valence electrons. The summed E-state index contributed by atoms with van der Waals surface area (Å²) in [6.07, 6.45) is 0. The summed E-state index contributed by atoms with van der Waals surface area (Å²) in [6, 6.07) is 55.7. The highest BCUT2D eigenvalue weighted by atomic mass is 16.3. The average Bonchev–Trinajstić information content (AvgIpc) is 3.77. The molecule has 5 nitrogen and oxygen atoms in total. The molecule has 0 aliphatic rings. The van der Waals surface area contributed by atoms with Crippen molar-refractivity contribution in [3.63, 3.8) is 0 Å². The lowest BCUT2D eigenvalue weighted by molar-refractivity contribution is 0.668. The van der Waals surface area contributed by atoms with Crippen LogP contribution in [0.2, 0.25) is 0 Å². The zero-order valence-corrected chi connectivity index (χ0v) is 26.7. The van der Waals surface area contributed by atoms with Gasteiger partial charge in [-0.15, -0.1) is 0 Å². The smallest absolute Gasteiger partial charge is 0.164 e. The summed E-state index contributed by atoms with van der Waals surface area (Å²) in [7, 11) is 0. The monoisotopic (exact) mass is 641 g/mol. The fraction of sp³-hybridized carbons (Fsp3) is 0. The van der Waals surface area contributed by atoms with Crippen LogP contribution >= 0.6 is 0 Å². The van der Waals surface area contributed by atoms with Crippen molar-refractivity contribution in [3.05, 3.63) is 164 Å². The molecule has 0 fully saturated rings. The molecule has 0 spiro atoms. The molecule has 3 aromatic heterocycles. The van der Waals surface area contributed by atoms with E-state index >= 15 is 0 Å². The highest BCUT2D eigenvalue weighted by Crippen LogP contribution is 2.43. The Kier molecular flexibility index (Phi) is 6.42. The molecule has 50 heavy (non-hydrogen) atoms. The van der Waals surface area contributed by atoms with Gasteiger partial charge in [-0.05, 0) is 53.1 Å². The Balaban J connectivity index is 1.15. The molecule has 0 aliphatic heterocycles. The summed E-state index contributed by atoms with van der Waals surface area (Å²) < 4.78 is 12.8. The van der Waals surface area contributed by atoms with Gasteiger partial charge in [0, 0.05) is 43.8 Å². The van der Waals surface area contributed by atoms with Gasteiger partial charge >= 0.3 is 0 Å². The maximum Gasteiger partial charge on any atom is 0.164 e. The molecular formula is C45H27N3O2. The predicted molar refractivity (Wildman–Crippen MR) is 202 cm³/mol. The first-order chi connectivity index (χ1) is 24.8. The van der Waals surface area contributed by atoms with E-state index in [0.717, 1.165) is 82.8 Å². The van der Waals surface area contributed by atoms with Gasteiger partial charge in [0.15, 0.2) is 17.5 Å². The minimum absolute atomic E-state index is 0.616. The number of hydrogen-bond acceptors (Lipinski definition) is 5. The lowest BCUT2D eigenvalue weighted by atomic mass is 9.93. The first kappa shape index (κ1) is 28.2. The molecule has 7 aromatic carbocycles. The topological polar surface area (TPSA) is 65.0 Å². The quantitative estimate of drug-likeness (QED) is 0.187. The molecule has 0 N–H and O–H groups in total. The predicted octanol–water partition coefficient (Wildman–Crippen LogP) is 12.0. The van der Waals surface area contributed by atoms with Crippen LogP contribution in [0.4, 0.5) is 0 Å². The molecule has 0 unspecified atom stereocenters. The summed E-state index contributed by atoms with van der Waals surface area (Å²) in [5.74, 6) is 1.88. The van der Waals surface area contributed by atoms with E-state index in [4.69, 9.17) is 23.8 Å². The fourth-order valence-electron chi connectivity index (χ4n) is 6.95. The molecule has 0 bridgehead atoms. The van der Waals surface area contributed by atoms with Gasteiger partial charge in [-0.1, -0.05) is 127 Å². The molecule has 0 saturated heterocycles. The Labute approximate surface area is 287 Å². The van der Waals surface area contributed by atoms with Crippen molar-refractivity contribution in [3.8, 4) is 56.4 Å². The number of rotatable bonds is 5. The normalized spacial score (nSPS) is 11.6. The third-order valence-electron chi connectivity index (χ3n) is 9.34. The molecule has 10 aromatic rings. The van der Waals surface area contributed by atoms with Gasteiger partial charge in [-0.2, -0.15) is 0 Å². The van der Waals surface area contributed by atoms with Crippen LogP contribution in [0, 0.1) is 0 Å². The number of furan rings is 2. The summed E-state index contributed by atoms with van der Waals surface area (Å²) in [4.78, 5) is 14.8. The lowest BCUT2D eigenvalue weighted by Gasteiger charge is -2.11. The first-order valence-corrected chi connectivity index (χ1v) is 16.6. The van der Waals surface area contributed by atoms with Crippen molar-refractivity contribution in [1.29, 1.82) is 0 Å². The van der Waals surface area contributed by atoms with Crippen LogP contribution in [-0.2, 0) is 0 Å². The molecule has 0 radical (unpaired) electrons. The number of hydrogen-bond donors (Lipinski definition) is 0. The van der Waals surface area contributed by atoms with Gasteiger partial charge in [0.1, 0.15) is 22.3 Å². The summed E-state index contributed by atoms with van der Waals surface area (Å²) in [5, 5.41) is 4.32. The second-order valence-electron chi connectivity index (χ2n) is 12.4. The van der Waals surface area contributed by atoms with E-state index in [9.17, 15) is 0 Å².